The van der Waals surface area contributed by atoms with Crippen LogP contribution in [0.3, 0.4) is 0 Å². The van der Waals surface area contributed by atoms with E-state index in [1.165, 1.54) is 6.08 Å². The summed E-state index contributed by atoms with van der Waals surface area (Å²) in [6, 6.07) is 9.32. The van der Waals surface area contributed by atoms with Crippen molar-refractivity contribution in [1.29, 1.82) is 0 Å². The predicted molar refractivity (Wildman–Crippen MR) is 121 cm³/mol. The smallest absolute Gasteiger partial charge is 0.313 e. The van der Waals surface area contributed by atoms with Gasteiger partial charge < -0.3 is 14.6 Å². The molecule has 4 rings (SSSR count). The van der Waals surface area contributed by atoms with E-state index in [1.807, 2.05) is 42.3 Å². The summed E-state index contributed by atoms with van der Waals surface area (Å²) in [5.74, 6) is 0.128. The minimum absolute atomic E-state index is 0.0764. The topological polar surface area (TPSA) is 88.2 Å². The molecule has 31 heavy (non-hydrogen) atoms. The van der Waals surface area contributed by atoms with Gasteiger partial charge in [-0.3, -0.25) is 9.59 Å². The van der Waals surface area contributed by atoms with Crippen molar-refractivity contribution in [2.45, 2.75) is 33.6 Å². The standard InChI is InChI=1S/C17H17N3O2.C7H11NO/c1-10(2)17(21)22-15-7-5-4-6-12(15)14-8-13-11(3)9-18-16(13)20-19-14;1-2-7(9)8-5-3-4-6-8/h4-10H,1-3H3,(H,18,20);2H,1,3-6H2. The lowest BCUT2D eigenvalue weighted by molar-refractivity contribution is -0.137. The Morgan fingerprint density at radius 1 is 1.19 bits per heavy atom. The molecule has 0 spiro atoms. The van der Waals surface area contributed by atoms with Gasteiger partial charge in [-0.05, 0) is 49.6 Å². The van der Waals surface area contributed by atoms with Crippen molar-refractivity contribution in [3.63, 3.8) is 0 Å². The first-order chi connectivity index (χ1) is 14.9. The van der Waals surface area contributed by atoms with Gasteiger partial charge in [-0.1, -0.05) is 32.6 Å². The monoisotopic (exact) mass is 420 g/mol. The van der Waals surface area contributed by atoms with Crippen LogP contribution in [0, 0.1) is 12.8 Å². The van der Waals surface area contributed by atoms with Crippen LogP contribution in [-0.2, 0) is 9.59 Å². The summed E-state index contributed by atoms with van der Waals surface area (Å²) in [5, 5.41) is 9.43. The number of nitrogens with one attached hydrogen (secondary N) is 1. The van der Waals surface area contributed by atoms with Gasteiger partial charge in [-0.15, -0.1) is 10.2 Å². The molecular formula is C24H28N4O3. The number of aromatic nitrogens is 3. The molecule has 0 radical (unpaired) electrons. The van der Waals surface area contributed by atoms with Crippen molar-refractivity contribution in [3.8, 4) is 17.0 Å². The normalized spacial score (nSPS) is 13.1. The first kappa shape index (κ1) is 22.2. The van der Waals surface area contributed by atoms with Gasteiger partial charge >= 0.3 is 5.97 Å². The van der Waals surface area contributed by atoms with Crippen molar-refractivity contribution in [1.82, 2.24) is 20.1 Å². The molecule has 0 unspecified atom stereocenters. The van der Waals surface area contributed by atoms with E-state index < -0.39 is 0 Å². The van der Waals surface area contributed by atoms with Crippen LogP contribution in [0.5, 0.6) is 5.75 Å². The highest BCUT2D eigenvalue weighted by Crippen LogP contribution is 2.30. The number of nitrogens with zero attached hydrogens (tertiary/aromatic N) is 3. The largest absolute Gasteiger partial charge is 0.426 e. The minimum Gasteiger partial charge on any atom is -0.426 e. The van der Waals surface area contributed by atoms with Crippen molar-refractivity contribution in [3.05, 3.63) is 54.7 Å². The van der Waals surface area contributed by atoms with Gasteiger partial charge in [0.15, 0.2) is 5.65 Å². The number of para-hydroxylation sites is 1. The third-order valence-corrected chi connectivity index (χ3v) is 5.08. The van der Waals surface area contributed by atoms with E-state index >= 15 is 0 Å². The zero-order chi connectivity index (χ0) is 22.4. The van der Waals surface area contributed by atoms with Crippen molar-refractivity contribution in [2.24, 2.45) is 5.92 Å². The van der Waals surface area contributed by atoms with Crippen LogP contribution in [0.1, 0.15) is 32.3 Å². The number of fused-ring (bicyclic) bond motifs is 1. The highest BCUT2D eigenvalue weighted by Gasteiger charge is 2.16. The third-order valence-electron chi connectivity index (χ3n) is 5.08. The quantitative estimate of drug-likeness (QED) is 0.386. The van der Waals surface area contributed by atoms with E-state index in [-0.39, 0.29) is 17.8 Å². The summed E-state index contributed by atoms with van der Waals surface area (Å²) in [4.78, 5) is 27.6. The van der Waals surface area contributed by atoms with Gasteiger partial charge in [0.2, 0.25) is 5.91 Å². The summed E-state index contributed by atoms with van der Waals surface area (Å²) in [6.07, 6.45) is 5.58. The number of rotatable bonds is 4. The van der Waals surface area contributed by atoms with Crippen LogP contribution < -0.4 is 4.74 Å². The number of hydrogen-bond acceptors (Lipinski definition) is 5. The number of carbonyl (C=O) groups excluding carboxylic acids is 2. The Morgan fingerprint density at radius 2 is 1.90 bits per heavy atom. The van der Waals surface area contributed by atoms with Gasteiger partial charge in [-0.25, -0.2) is 0 Å². The van der Waals surface area contributed by atoms with E-state index in [1.54, 1.807) is 19.9 Å². The van der Waals surface area contributed by atoms with Gasteiger partial charge in [-0.2, -0.15) is 0 Å². The fourth-order valence-electron chi connectivity index (χ4n) is 3.24. The van der Waals surface area contributed by atoms with E-state index in [2.05, 4.69) is 21.8 Å². The Hall–Kier alpha value is -3.48. The summed E-state index contributed by atoms with van der Waals surface area (Å²) >= 11 is 0. The number of esters is 1. The SMILES string of the molecule is C=CC(=O)N1CCCC1.Cc1c[nH]c2nnc(-c3ccccc3OC(=O)C(C)C)cc12. The number of ether oxygens (including phenoxy) is 1. The van der Waals surface area contributed by atoms with Crippen LogP contribution in [-0.4, -0.2) is 45.0 Å². The first-order valence-electron chi connectivity index (χ1n) is 10.4. The molecule has 0 atom stereocenters. The number of aromatic amines is 1. The molecule has 1 aromatic carbocycles. The van der Waals surface area contributed by atoms with Crippen LogP contribution in [0.15, 0.2) is 49.2 Å². The number of hydrogen-bond donors (Lipinski definition) is 1. The molecule has 7 nitrogen and oxygen atoms in total. The van der Waals surface area contributed by atoms with Crippen LogP contribution in [0.25, 0.3) is 22.3 Å². The second-order valence-corrected chi connectivity index (χ2v) is 7.77. The van der Waals surface area contributed by atoms with Crippen molar-refractivity contribution in [2.75, 3.05) is 13.1 Å². The molecule has 7 heteroatoms. The van der Waals surface area contributed by atoms with E-state index in [0.717, 1.165) is 48.1 Å². The zero-order valence-electron chi connectivity index (χ0n) is 18.2. The fourth-order valence-corrected chi connectivity index (χ4v) is 3.24. The number of carbonyl (C=O) groups is 2. The average Bonchev–Trinajstić information content (AvgIpc) is 3.44. The summed E-state index contributed by atoms with van der Waals surface area (Å²) in [7, 11) is 0. The maximum Gasteiger partial charge on any atom is 0.313 e. The molecule has 1 aliphatic heterocycles. The van der Waals surface area contributed by atoms with Crippen molar-refractivity contribution < 1.29 is 14.3 Å². The van der Waals surface area contributed by atoms with Gasteiger partial charge in [0, 0.05) is 30.2 Å². The maximum absolute atomic E-state index is 11.9. The Kier molecular flexibility index (Phi) is 7.18. The highest BCUT2D eigenvalue weighted by atomic mass is 16.5. The number of H-pyrrole nitrogens is 1. The van der Waals surface area contributed by atoms with Gasteiger partial charge in [0.05, 0.1) is 11.6 Å². The Bertz CT molecular complexity index is 1080. The lowest BCUT2D eigenvalue weighted by Crippen LogP contribution is -2.25. The molecule has 1 aliphatic rings. The molecule has 162 valence electrons. The summed E-state index contributed by atoms with van der Waals surface area (Å²) < 4.78 is 5.47. The Morgan fingerprint density at radius 3 is 2.58 bits per heavy atom. The molecule has 1 amide bonds. The second-order valence-electron chi connectivity index (χ2n) is 7.77. The number of likely N-dealkylation sites (tertiary alicyclic amines) is 1. The third kappa shape index (κ3) is 5.36. The van der Waals surface area contributed by atoms with Crippen LogP contribution in [0.2, 0.25) is 0 Å². The predicted octanol–water partition coefficient (Wildman–Crippen LogP) is 4.29. The molecule has 2 aromatic heterocycles. The summed E-state index contributed by atoms with van der Waals surface area (Å²) in [5.41, 5.74) is 3.29. The molecule has 3 aromatic rings. The Balaban J connectivity index is 0.000000254. The molecule has 0 bridgehead atoms. The van der Waals surface area contributed by atoms with E-state index in [9.17, 15) is 9.59 Å². The molecule has 0 saturated carbocycles. The number of amides is 1. The highest BCUT2D eigenvalue weighted by molar-refractivity contribution is 5.87. The minimum atomic E-state index is -0.265. The van der Waals surface area contributed by atoms with Crippen LogP contribution in [0.4, 0.5) is 0 Å². The lowest BCUT2D eigenvalue weighted by Gasteiger charge is -2.10. The lowest BCUT2D eigenvalue weighted by atomic mass is 10.1. The molecule has 1 N–H and O–H groups in total. The Labute approximate surface area is 182 Å². The fraction of sp³-hybridized carbons (Fsp3) is 0.333. The van der Waals surface area contributed by atoms with Crippen LogP contribution >= 0.6 is 0 Å². The number of aryl methyl sites for hydroxylation is 1. The zero-order valence-corrected chi connectivity index (χ0v) is 18.2. The van der Waals surface area contributed by atoms with E-state index in [4.69, 9.17) is 4.74 Å². The number of benzene rings is 1. The van der Waals surface area contributed by atoms with Gasteiger partial charge in [0.1, 0.15) is 5.75 Å². The average molecular weight is 421 g/mol. The molecule has 0 aliphatic carbocycles. The van der Waals surface area contributed by atoms with E-state index in [0.29, 0.717) is 11.4 Å². The second kappa shape index (κ2) is 10.0. The molecule has 3 heterocycles. The molecule has 1 saturated heterocycles. The molecular weight excluding hydrogens is 392 g/mol. The summed E-state index contributed by atoms with van der Waals surface area (Å²) in [6.45, 7) is 10.9. The maximum atomic E-state index is 11.9. The first-order valence-corrected chi connectivity index (χ1v) is 10.4. The molecule has 1 fully saturated rings. The van der Waals surface area contributed by atoms with Gasteiger partial charge in [0.25, 0.3) is 0 Å². The van der Waals surface area contributed by atoms with Crippen molar-refractivity contribution >= 4 is 22.9 Å².